The number of nitrogens with two attached hydrogens (primary N) is 1. The Morgan fingerprint density at radius 2 is 1.82 bits per heavy atom. The van der Waals surface area contributed by atoms with Gasteiger partial charge in [0.05, 0.1) is 18.8 Å². The summed E-state index contributed by atoms with van der Waals surface area (Å²) in [5.41, 5.74) is 4.72. The van der Waals surface area contributed by atoms with Crippen LogP contribution < -0.4 is 21.1 Å². The van der Waals surface area contributed by atoms with E-state index in [1.165, 1.54) is 0 Å². The molecule has 0 saturated carbocycles. The van der Waals surface area contributed by atoms with Crippen LogP contribution in [0.1, 0.15) is 22.3 Å². The maximum absolute atomic E-state index is 13.9. The van der Waals surface area contributed by atoms with Crippen LogP contribution in [-0.2, 0) is 6.61 Å². The number of rotatable bonds is 13. The Balaban J connectivity index is 1.94. The van der Waals surface area contributed by atoms with E-state index in [1.807, 2.05) is 4.90 Å². The lowest BCUT2D eigenvalue weighted by atomic mass is 10.2. The molecule has 182 valence electrons. The number of nitrogens with zero attached hydrogens (tertiary/aromatic N) is 2. The lowest BCUT2D eigenvalue weighted by Crippen LogP contribution is -2.35. The number of benzene rings is 1. The molecule has 6 N–H and O–H groups in total. The zero-order valence-electron chi connectivity index (χ0n) is 17.4. The molecule has 0 aliphatic rings. The van der Waals surface area contributed by atoms with Crippen molar-refractivity contribution in [3.63, 3.8) is 0 Å². The monoisotopic (exact) mass is 507 g/mol. The molecule has 0 aliphatic carbocycles. The highest BCUT2D eigenvalue weighted by molar-refractivity contribution is 7.11. The van der Waals surface area contributed by atoms with Gasteiger partial charge in [-0.3, -0.25) is 15.0 Å². The van der Waals surface area contributed by atoms with E-state index in [0.29, 0.717) is 37.6 Å². The van der Waals surface area contributed by atoms with Gasteiger partial charge in [0.15, 0.2) is 0 Å². The summed E-state index contributed by atoms with van der Waals surface area (Å²) in [4.78, 5) is 25.8. The van der Waals surface area contributed by atoms with Crippen LogP contribution in [0.25, 0.3) is 0 Å². The van der Waals surface area contributed by atoms with Crippen molar-refractivity contribution >= 4 is 40.1 Å². The van der Waals surface area contributed by atoms with Crippen molar-refractivity contribution in [1.29, 1.82) is 0 Å². The number of halogens is 3. The van der Waals surface area contributed by atoms with Crippen LogP contribution in [0.2, 0.25) is 5.02 Å². The number of carbonyl (C=O) groups excluding carboxylic acids is 2. The molecule has 0 atom stereocenters. The molecule has 10 nitrogen and oxygen atoms in total. The summed E-state index contributed by atoms with van der Waals surface area (Å²) in [6, 6.07) is 1.21. The molecular weight excluding hydrogens is 484 g/mol. The van der Waals surface area contributed by atoms with Gasteiger partial charge in [0.1, 0.15) is 28.8 Å². The Bertz CT molecular complexity index is 936. The van der Waals surface area contributed by atoms with Crippen molar-refractivity contribution in [1.82, 2.24) is 14.6 Å². The van der Waals surface area contributed by atoms with Crippen molar-refractivity contribution in [2.75, 3.05) is 44.7 Å². The molecule has 0 aliphatic heterocycles. The third-order valence-corrected chi connectivity index (χ3v) is 5.33. The minimum Gasteiger partial charge on any atom is -0.471 e. The van der Waals surface area contributed by atoms with E-state index < -0.39 is 35.7 Å². The van der Waals surface area contributed by atoms with Crippen molar-refractivity contribution < 1.29 is 33.3 Å². The largest absolute Gasteiger partial charge is 0.471 e. The molecule has 2 rings (SSSR count). The van der Waals surface area contributed by atoms with E-state index in [1.54, 1.807) is 0 Å². The number of ether oxygens (including phenoxy) is 1. The van der Waals surface area contributed by atoms with Crippen molar-refractivity contribution in [3.8, 4) is 5.88 Å². The minimum absolute atomic E-state index is 0.00855. The molecule has 0 spiro atoms. The molecule has 0 bridgehead atoms. The van der Waals surface area contributed by atoms with Crippen LogP contribution in [0.4, 0.5) is 18.6 Å². The fourth-order valence-corrected chi connectivity index (χ4v) is 3.72. The van der Waals surface area contributed by atoms with Crippen molar-refractivity contribution in [2.45, 2.75) is 13.0 Å². The smallest absolute Gasteiger partial charge is 0.319 e. The fraction of sp³-hybridized carbons (Fsp3) is 0.421. The van der Waals surface area contributed by atoms with Crippen LogP contribution in [-0.4, -0.2) is 70.8 Å². The number of aromatic nitrogens is 1. The quantitative estimate of drug-likeness (QED) is 0.258. The first-order valence-electron chi connectivity index (χ1n) is 9.81. The SMILES string of the molecule is NC(=O)c1c(OCc2c(F)cc(Cl)cc2F)nsc1NC(=O)NCCCN(CCO)CCO. The molecular formula is C19H24ClF2N5O5S. The number of primary amides is 1. The first-order valence-corrected chi connectivity index (χ1v) is 11.0. The first-order chi connectivity index (χ1) is 15.8. The van der Waals surface area contributed by atoms with Gasteiger partial charge in [-0.05, 0) is 36.6 Å². The third kappa shape index (κ3) is 8.05. The van der Waals surface area contributed by atoms with Crippen molar-refractivity contribution in [2.24, 2.45) is 5.73 Å². The molecule has 0 unspecified atom stereocenters. The molecule has 14 heteroatoms. The van der Waals surface area contributed by atoms with Gasteiger partial charge in [0.2, 0.25) is 5.88 Å². The standard InChI is InChI=1S/C19H24ClF2N5O5S/c20-11-8-13(21)12(14(22)9-11)10-32-17-15(16(23)30)18(33-26-17)25-19(31)24-2-1-3-27(4-6-28)5-7-29/h8-9,28-29H,1-7,10H2,(H2,23,30)(H2,24,25,31). The molecule has 1 aromatic heterocycles. The van der Waals surface area contributed by atoms with Gasteiger partial charge in [-0.25, -0.2) is 13.6 Å². The summed E-state index contributed by atoms with van der Waals surface area (Å²) in [5, 5.41) is 22.9. The normalized spacial score (nSPS) is 11.0. The summed E-state index contributed by atoms with van der Waals surface area (Å²) in [6.07, 6.45) is 0.547. The number of nitrogens with one attached hydrogen (secondary N) is 2. The average Bonchev–Trinajstić information content (AvgIpc) is 3.13. The van der Waals surface area contributed by atoms with Crippen LogP contribution in [0.5, 0.6) is 5.88 Å². The second-order valence-corrected chi connectivity index (χ2v) is 7.93. The van der Waals surface area contributed by atoms with E-state index in [-0.39, 0.29) is 41.2 Å². The summed E-state index contributed by atoms with van der Waals surface area (Å²) in [6.45, 7) is 0.966. The lowest BCUT2D eigenvalue weighted by Gasteiger charge is -2.19. The number of amides is 3. The van der Waals surface area contributed by atoms with Gasteiger partial charge >= 0.3 is 6.03 Å². The fourth-order valence-electron chi connectivity index (χ4n) is 2.80. The van der Waals surface area contributed by atoms with E-state index in [2.05, 4.69) is 15.0 Å². The Labute approximate surface area is 197 Å². The number of anilines is 1. The molecule has 0 saturated heterocycles. The highest BCUT2D eigenvalue weighted by Gasteiger charge is 2.23. The molecule has 3 amide bonds. The van der Waals surface area contributed by atoms with E-state index in [9.17, 15) is 18.4 Å². The number of carbonyl (C=O) groups is 2. The molecule has 0 radical (unpaired) electrons. The van der Waals surface area contributed by atoms with Gasteiger partial charge in [-0.1, -0.05) is 11.6 Å². The van der Waals surface area contributed by atoms with Gasteiger partial charge in [-0.15, -0.1) is 0 Å². The third-order valence-electron chi connectivity index (χ3n) is 4.36. The maximum atomic E-state index is 13.9. The summed E-state index contributed by atoms with van der Waals surface area (Å²) >= 11 is 6.30. The van der Waals surface area contributed by atoms with E-state index >= 15 is 0 Å². The second kappa shape index (κ2) is 13.2. The topological polar surface area (TPSA) is 150 Å². The maximum Gasteiger partial charge on any atom is 0.319 e. The molecule has 2 aromatic rings. The van der Waals surface area contributed by atoms with E-state index in [0.717, 1.165) is 12.1 Å². The highest BCUT2D eigenvalue weighted by atomic mass is 35.5. The second-order valence-electron chi connectivity index (χ2n) is 6.72. The van der Waals surface area contributed by atoms with Gasteiger partial charge in [0.25, 0.3) is 5.91 Å². The number of hydrogen-bond acceptors (Lipinski definition) is 8. The zero-order chi connectivity index (χ0) is 24.4. The van der Waals surface area contributed by atoms with Gasteiger partial charge in [0, 0.05) is 24.7 Å². The predicted molar refractivity (Wildman–Crippen MR) is 119 cm³/mol. The van der Waals surface area contributed by atoms with Crippen LogP contribution in [0.15, 0.2) is 12.1 Å². The summed E-state index contributed by atoms with van der Waals surface area (Å²) < 4.78 is 37.0. The van der Waals surface area contributed by atoms with E-state index in [4.69, 9.17) is 32.3 Å². The zero-order valence-corrected chi connectivity index (χ0v) is 19.0. The van der Waals surface area contributed by atoms with Crippen LogP contribution in [0.3, 0.4) is 0 Å². The van der Waals surface area contributed by atoms with Crippen molar-refractivity contribution in [3.05, 3.63) is 39.9 Å². The Morgan fingerprint density at radius 3 is 2.39 bits per heavy atom. The van der Waals surface area contributed by atoms with Crippen LogP contribution >= 0.6 is 23.1 Å². The molecule has 0 fully saturated rings. The Hall–Kier alpha value is -2.58. The number of urea groups is 1. The molecule has 1 heterocycles. The van der Waals surface area contributed by atoms with Gasteiger partial charge in [-0.2, -0.15) is 4.37 Å². The minimum atomic E-state index is -0.949. The average molecular weight is 508 g/mol. The lowest BCUT2D eigenvalue weighted by molar-refractivity contribution is 0.0996. The summed E-state index contributed by atoms with van der Waals surface area (Å²) in [5.74, 6) is -3.08. The predicted octanol–water partition coefficient (Wildman–Crippen LogP) is 1.55. The highest BCUT2D eigenvalue weighted by Crippen LogP contribution is 2.31. The number of aliphatic hydroxyl groups is 2. The Morgan fingerprint density at radius 1 is 1.18 bits per heavy atom. The van der Waals surface area contributed by atoms with Crippen LogP contribution in [0, 0.1) is 11.6 Å². The van der Waals surface area contributed by atoms with Gasteiger partial charge < -0.3 is 26.0 Å². The number of hydrogen-bond donors (Lipinski definition) is 5. The first kappa shape index (κ1) is 26.7. The Kier molecular flexibility index (Phi) is 10.7. The molecule has 33 heavy (non-hydrogen) atoms. The summed E-state index contributed by atoms with van der Waals surface area (Å²) in [7, 11) is 0. The number of aliphatic hydroxyl groups excluding tert-OH is 2. The molecule has 1 aromatic carbocycles.